The zero-order chi connectivity index (χ0) is 22.1. The quantitative estimate of drug-likeness (QED) is 0.424. The predicted molar refractivity (Wildman–Crippen MR) is 120 cm³/mol. The van der Waals surface area contributed by atoms with Gasteiger partial charge in [-0.05, 0) is 28.5 Å². The minimum Gasteiger partial charge on any atom is -0.496 e. The average Bonchev–Trinajstić information content (AvgIpc) is 3.47. The van der Waals surface area contributed by atoms with Crippen LogP contribution in [0.25, 0.3) is 45.6 Å². The second kappa shape index (κ2) is 8.03. The Bertz CT molecular complexity index is 1430. The molecule has 1 N–H and O–H groups in total. The number of ether oxygens (including phenoxy) is 3. The molecule has 0 atom stereocenters. The molecular weight excluding hydrogens is 410 g/mol. The zero-order valence-electron chi connectivity index (χ0n) is 17.6. The zero-order valence-corrected chi connectivity index (χ0v) is 17.6. The highest BCUT2D eigenvalue weighted by molar-refractivity contribution is 5.97. The largest absolute Gasteiger partial charge is 0.496 e. The summed E-state index contributed by atoms with van der Waals surface area (Å²) in [5, 5.41) is 8.72. The van der Waals surface area contributed by atoms with Gasteiger partial charge < -0.3 is 19.2 Å². The van der Waals surface area contributed by atoms with Gasteiger partial charge in [0, 0.05) is 34.8 Å². The standard InChI is InChI=1S/C23H19N5O4/c1-29-13-10-19(30-2)15(20(11-13)31-3)8-9-18-21(26-23-22(25-18)27-32-28-23)16-12-24-17-7-5-4-6-14(16)17/h4-12,24H,1-3H3/b9-8+. The Morgan fingerprint density at radius 3 is 2.31 bits per heavy atom. The first-order valence-electron chi connectivity index (χ1n) is 9.76. The van der Waals surface area contributed by atoms with E-state index in [4.69, 9.17) is 18.8 Å². The number of hydrogen-bond acceptors (Lipinski definition) is 8. The molecule has 160 valence electrons. The smallest absolute Gasteiger partial charge is 0.243 e. The lowest BCUT2D eigenvalue weighted by atomic mass is 10.1. The summed E-state index contributed by atoms with van der Waals surface area (Å²) < 4.78 is 21.3. The van der Waals surface area contributed by atoms with Crippen LogP contribution in [0.1, 0.15) is 11.3 Å². The van der Waals surface area contributed by atoms with Crippen LogP contribution in [0.2, 0.25) is 0 Å². The topological polar surface area (TPSA) is 108 Å². The molecule has 9 heteroatoms. The molecule has 2 aromatic carbocycles. The first-order chi connectivity index (χ1) is 15.7. The highest BCUT2D eigenvalue weighted by atomic mass is 16.6. The summed E-state index contributed by atoms with van der Waals surface area (Å²) in [6.07, 6.45) is 5.60. The molecule has 9 nitrogen and oxygen atoms in total. The van der Waals surface area contributed by atoms with Gasteiger partial charge in [0.05, 0.1) is 32.6 Å². The van der Waals surface area contributed by atoms with E-state index < -0.39 is 0 Å². The molecule has 0 bridgehead atoms. The Hall–Kier alpha value is -4.40. The molecule has 0 radical (unpaired) electrons. The van der Waals surface area contributed by atoms with Crippen molar-refractivity contribution in [3.05, 3.63) is 53.9 Å². The van der Waals surface area contributed by atoms with Crippen LogP contribution in [0, 0.1) is 0 Å². The first kappa shape index (κ1) is 19.6. The number of benzene rings is 2. The molecule has 0 fully saturated rings. The molecule has 32 heavy (non-hydrogen) atoms. The third kappa shape index (κ3) is 3.29. The van der Waals surface area contributed by atoms with Gasteiger partial charge in [-0.25, -0.2) is 14.6 Å². The lowest BCUT2D eigenvalue weighted by Crippen LogP contribution is -1.96. The molecule has 0 saturated heterocycles. The van der Waals surface area contributed by atoms with Gasteiger partial charge in [0.25, 0.3) is 0 Å². The first-order valence-corrected chi connectivity index (χ1v) is 9.76. The maximum absolute atomic E-state index is 5.55. The van der Waals surface area contributed by atoms with Crippen LogP contribution in [-0.4, -0.2) is 46.6 Å². The molecule has 0 spiro atoms. The Morgan fingerprint density at radius 2 is 1.59 bits per heavy atom. The van der Waals surface area contributed by atoms with Crippen molar-refractivity contribution >= 4 is 34.3 Å². The molecule has 0 aliphatic heterocycles. The van der Waals surface area contributed by atoms with Gasteiger partial charge in [-0.1, -0.05) is 18.2 Å². The van der Waals surface area contributed by atoms with Gasteiger partial charge in [-0.2, -0.15) is 0 Å². The van der Waals surface area contributed by atoms with Crippen LogP contribution >= 0.6 is 0 Å². The highest BCUT2D eigenvalue weighted by Gasteiger charge is 2.17. The van der Waals surface area contributed by atoms with Crippen molar-refractivity contribution in [2.75, 3.05) is 21.3 Å². The van der Waals surface area contributed by atoms with Crippen molar-refractivity contribution in [1.29, 1.82) is 0 Å². The van der Waals surface area contributed by atoms with Crippen molar-refractivity contribution in [3.63, 3.8) is 0 Å². The molecule has 5 aromatic rings. The SMILES string of the molecule is COc1cc(OC)c(/C=C/c2nc3nonc3nc2-c2c[nH]c3ccccc23)c(OC)c1. The second-order valence-corrected chi connectivity index (χ2v) is 6.90. The summed E-state index contributed by atoms with van der Waals surface area (Å²) >= 11 is 0. The van der Waals surface area contributed by atoms with Crippen LogP contribution in [0.5, 0.6) is 17.2 Å². The summed E-state index contributed by atoms with van der Waals surface area (Å²) in [5.41, 5.74) is 4.53. The van der Waals surface area contributed by atoms with Crippen LogP contribution in [0.15, 0.2) is 47.2 Å². The number of nitrogens with one attached hydrogen (secondary N) is 1. The summed E-state index contributed by atoms with van der Waals surface area (Å²) in [5.74, 6) is 1.83. The van der Waals surface area contributed by atoms with E-state index in [2.05, 4.69) is 25.3 Å². The van der Waals surface area contributed by atoms with Crippen molar-refractivity contribution in [1.82, 2.24) is 25.3 Å². The predicted octanol–water partition coefficient (Wildman–Crippen LogP) is 4.36. The van der Waals surface area contributed by atoms with Crippen molar-refractivity contribution < 1.29 is 18.8 Å². The third-order valence-corrected chi connectivity index (χ3v) is 5.15. The monoisotopic (exact) mass is 429 g/mol. The van der Waals surface area contributed by atoms with Gasteiger partial charge in [0.1, 0.15) is 22.9 Å². The average molecular weight is 429 g/mol. The van der Waals surface area contributed by atoms with Crippen LogP contribution < -0.4 is 14.2 Å². The number of aromatic amines is 1. The van der Waals surface area contributed by atoms with Crippen LogP contribution in [-0.2, 0) is 0 Å². The molecule has 0 amide bonds. The van der Waals surface area contributed by atoms with Crippen molar-refractivity contribution in [2.24, 2.45) is 0 Å². The van der Waals surface area contributed by atoms with Gasteiger partial charge in [-0.15, -0.1) is 0 Å². The van der Waals surface area contributed by atoms with E-state index in [0.717, 1.165) is 22.0 Å². The fourth-order valence-electron chi connectivity index (χ4n) is 3.59. The molecule has 0 unspecified atom stereocenters. The van der Waals surface area contributed by atoms with E-state index in [1.807, 2.05) is 42.6 Å². The normalized spacial score (nSPS) is 11.5. The van der Waals surface area contributed by atoms with Gasteiger partial charge in [0.2, 0.25) is 11.3 Å². The molecule has 0 aliphatic carbocycles. The third-order valence-electron chi connectivity index (χ3n) is 5.15. The Balaban J connectivity index is 1.69. The number of para-hydroxylation sites is 1. The van der Waals surface area contributed by atoms with E-state index in [9.17, 15) is 0 Å². The molecular formula is C23H19N5O4. The Kier molecular flexibility index (Phi) is 4.91. The number of rotatable bonds is 6. The van der Waals surface area contributed by atoms with Gasteiger partial charge in [0.15, 0.2) is 0 Å². The molecule has 3 aromatic heterocycles. The maximum atomic E-state index is 5.55. The molecule has 3 heterocycles. The number of aromatic nitrogens is 5. The second-order valence-electron chi connectivity index (χ2n) is 6.90. The van der Waals surface area contributed by atoms with Crippen molar-refractivity contribution in [3.8, 4) is 28.5 Å². The van der Waals surface area contributed by atoms with E-state index in [1.54, 1.807) is 33.5 Å². The fourth-order valence-corrected chi connectivity index (χ4v) is 3.59. The number of methoxy groups -OCH3 is 3. The Labute approximate surface area is 182 Å². The van der Waals surface area contributed by atoms with Crippen molar-refractivity contribution in [2.45, 2.75) is 0 Å². The van der Waals surface area contributed by atoms with E-state index in [0.29, 0.717) is 39.9 Å². The number of hydrogen-bond donors (Lipinski definition) is 1. The summed E-state index contributed by atoms with van der Waals surface area (Å²) in [4.78, 5) is 12.6. The minimum atomic E-state index is 0.321. The van der Waals surface area contributed by atoms with Crippen LogP contribution in [0.3, 0.4) is 0 Å². The number of fused-ring (bicyclic) bond motifs is 2. The molecule has 0 aliphatic rings. The number of nitrogens with zero attached hydrogens (tertiary/aromatic N) is 4. The minimum absolute atomic E-state index is 0.321. The summed E-state index contributed by atoms with van der Waals surface area (Å²) in [6.45, 7) is 0. The highest BCUT2D eigenvalue weighted by Crippen LogP contribution is 2.36. The molecule has 0 saturated carbocycles. The summed E-state index contributed by atoms with van der Waals surface area (Å²) in [6, 6.07) is 11.6. The Morgan fingerprint density at radius 1 is 0.875 bits per heavy atom. The fraction of sp³-hybridized carbons (Fsp3) is 0.130. The summed E-state index contributed by atoms with van der Waals surface area (Å²) in [7, 11) is 4.78. The van der Waals surface area contributed by atoms with E-state index in [1.165, 1.54) is 0 Å². The van der Waals surface area contributed by atoms with Gasteiger partial charge in [-0.3, -0.25) is 0 Å². The maximum Gasteiger partial charge on any atom is 0.243 e. The van der Waals surface area contributed by atoms with E-state index in [-0.39, 0.29) is 0 Å². The van der Waals surface area contributed by atoms with Crippen LogP contribution in [0.4, 0.5) is 0 Å². The molecule has 5 rings (SSSR count). The lowest BCUT2D eigenvalue weighted by molar-refractivity contribution is 0.314. The lowest BCUT2D eigenvalue weighted by Gasteiger charge is -2.12. The number of H-pyrrole nitrogens is 1. The van der Waals surface area contributed by atoms with Gasteiger partial charge >= 0.3 is 0 Å². The van der Waals surface area contributed by atoms with E-state index >= 15 is 0 Å².